The van der Waals surface area contributed by atoms with Crippen LogP contribution in [0.25, 0.3) is 0 Å². The van der Waals surface area contributed by atoms with Crippen molar-refractivity contribution in [2.24, 2.45) is 5.92 Å². The molecule has 166 valence electrons. The van der Waals surface area contributed by atoms with Gasteiger partial charge in [-0.2, -0.15) is 0 Å². The van der Waals surface area contributed by atoms with Crippen LogP contribution in [0.2, 0.25) is 0 Å². The lowest BCUT2D eigenvalue weighted by molar-refractivity contribution is 0.00785. The fourth-order valence-corrected chi connectivity index (χ4v) is 5.05. The molecule has 1 aliphatic carbocycles. The van der Waals surface area contributed by atoms with Crippen molar-refractivity contribution in [2.45, 2.75) is 56.6 Å². The normalized spacial score (nSPS) is 17.3. The van der Waals surface area contributed by atoms with Gasteiger partial charge in [0.2, 0.25) is 0 Å². The van der Waals surface area contributed by atoms with Crippen molar-refractivity contribution < 1.29 is 9.90 Å². The average molecular weight is 428 g/mol. The zero-order valence-electron chi connectivity index (χ0n) is 18.6. The Morgan fingerprint density at radius 2 is 1.41 bits per heavy atom. The van der Waals surface area contributed by atoms with E-state index in [0.717, 1.165) is 24.0 Å². The van der Waals surface area contributed by atoms with Crippen molar-refractivity contribution >= 4 is 5.91 Å². The minimum absolute atomic E-state index is 0.0590. The monoisotopic (exact) mass is 427 g/mol. The Kier molecular flexibility index (Phi) is 7.39. The van der Waals surface area contributed by atoms with E-state index in [1.807, 2.05) is 78.9 Å². The van der Waals surface area contributed by atoms with E-state index in [1.54, 1.807) is 0 Å². The SMILES string of the molecule is O=C(NC(CC(O)(Cc1ccccc1)c1ccccc1)C1CCCCC1)c1ccccc1. The maximum atomic E-state index is 13.1. The van der Waals surface area contributed by atoms with E-state index in [0.29, 0.717) is 24.3 Å². The molecule has 32 heavy (non-hydrogen) atoms. The van der Waals surface area contributed by atoms with Crippen molar-refractivity contribution in [3.05, 3.63) is 108 Å². The molecule has 3 aromatic carbocycles. The van der Waals surface area contributed by atoms with Crippen molar-refractivity contribution in [3.63, 3.8) is 0 Å². The second-order valence-electron chi connectivity index (χ2n) is 9.11. The Balaban J connectivity index is 1.63. The summed E-state index contributed by atoms with van der Waals surface area (Å²) in [5.74, 6) is 0.318. The quantitative estimate of drug-likeness (QED) is 0.471. The van der Waals surface area contributed by atoms with E-state index in [9.17, 15) is 9.90 Å². The van der Waals surface area contributed by atoms with Crippen LogP contribution in [0.1, 0.15) is 60.0 Å². The zero-order valence-corrected chi connectivity index (χ0v) is 18.6. The standard InChI is InChI=1S/C29H33NO2/c31-28(25-17-9-3-10-18-25)30-27(24-15-7-2-8-16-24)22-29(32,26-19-11-4-12-20-26)21-23-13-5-1-6-14-23/h1,3-6,9-14,17-20,24,27,32H,2,7-8,15-16,21-22H2,(H,30,31). The maximum absolute atomic E-state index is 13.1. The Bertz CT molecular complexity index is 968. The number of hydrogen-bond donors (Lipinski definition) is 2. The summed E-state index contributed by atoms with van der Waals surface area (Å²) < 4.78 is 0. The minimum atomic E-state index is -1.06. The molecule has 0 spiro atoms. The largest absolute Gasteiger partial charge is 0.385 e. The van der Waals surface area contributed by atoms with Gasteiger partial charge >= 0.3 is 0 Å². The molecule has 0 radical (unpaired) electrons. The van der Waals surface area contributed by atoms with Gasteiger partial charge in [0.05, 0.1) is 5.60 Å². The van der Waals surface area contributed by atoms with Crippen LogP contribution >= 0.6 is 0 Å². The second-order valence-corrected chi connectivity index (χ2v) is 9.11. The molecule has 2 N–H and O–H groups in total. The van der Waals surface area contributed by atoms with Gasteiger partial charge in [0.1, 0.15) is 0 Å². The summed E-state index contributed by atoms with van der Waals surface area (Å²) >= 11 is 0. The molecule has 3 heteroatoms. The first-order valence-electron chi connectivity index (χ1n) is 11.8. The molecular formula is C29H33NO2. The van der Waals surface area contributed by atoms with Gasteiger partial charge < -0.3 is 10.4 Å². The molecule has 2 atom stereocenters. The predicted molar refractivity (Wildman–Crippen MR) is 129 cm³/mol. The van der Waals surface area contributed by atoms with Crippen LogP contribution in [0.5, 0.6) is 0 Å². The molecule has 4 rings (SSSR count). The lowest BCUT2D eigenvalue weighted by Crippen LogP contribution is -2.46. The van der Waals surface area contributed by atoms with Crippen LogP contribution in [-0.2, 0) is 12.0 Å². The third kappa shape index (κ3) is 5.66. The molecule has 1 fully saturated rings. The lowest BCUT2D eigenvalue weighted by Gasteiger charge is -2.38. The highest BCUT2D eigenvalue weighted by atomic mass is 16.3. The minimum Gasteiger partial charge on any atom is -0.385 e. The number of carbonyl (C=O) groups is 1. The fraction of sp³-hybridized carbons (Fsp3) is 0.345. The Morgan fingerprint density at radius 1 is 0.844 bits per heavy atom. The first-order valence-corrected chi connectivity index (χ1v) is 11.8. The van der Waals surface area contributed by atoms with Gasteiger partial charge in [-0.3, -0.25) is 4.79 Å². The van der Waals surface area contributed by atoms with Gasteiger partial charge in [-0.1, -0.05) is 98.1 Å². The summed E-state index contributed by atoms with van der Waals surface area (Å²) in [6.07, 6.45) is 6.82. The third-order valence-electron chi connectivity index (χ3n) is 6.78. The first-order chi connectivity index (χ1) is 15.6. The number of hydrogen-bond acceptors (Lipinski definition) is 2. The van der Waals surface area contributed by atoms with Gasteiger partial charge in [-0.15, -0.1) is 0 Å². The van der Waals surface area contributed by atoms with E-state index in [-0.39, 0.29) is 11.9 Å². The molecule has 1 aliphatic rings. The highest BCUT2D eigenvalue weighted by Gasteiger charge is 2.37. The van der Waals surface area contributed by atoms with Crippen LogP contribution in [-0.4, -0.2) is 17.1 Å². The van der Waals surface area contributed by atoms with Crippen molar-refractivity contribution in [2.75, 3.05) is 0 Å². The zero-order chi connectivity index (χ0) is 22.2. The summed E-state index contributed by atoms with van der Waals surface area (Å²) in [5.41, 5.74) is 1.60. The van der Waals surface area contributed by atoms with Crippen LogP contribution in [0.15, 0.2) is 91.0 Å². The molecule has 0 saturated heterocycles. The highest BCUT2D eigenvalue weighted by molar-refractivity contribution is 5.94. The van der Waals surface area contributed by atoms with E-state index >= 15 is 0 Å². The van der Waals surface area contributed by atoms with Crippen molar-refractivity contribution in [1.29, 1.82) is 0 Å². The van der Waals surface area contributed by atoms with E-state index in [1.165, 1.54) is 19.3 Å². The number of rotatable bonds is 8. The molecule has 0 heterocycles. The number of nitrogens with one attached hydrogen (secondary N) is 1. The number of amides is 1. The molecule has 0 aliphatic heterocycles. The highest BCUT2D eigenvalue weighted by Crippen LogP contribution is 2.36. The first kappa shape index (κ1) is 22.3. The van der Waals surface area contributed by atoms with Crippen molar-refractivity contribution in [1.82, 2.24) is 5.32 Å². The van der Waals surface area contributed by atoms with Gasteiger partial charge in [0.25, 0.3) is 5.91 Å². The smallest absolute Gasteiger partial charge is 0.251 e. The Labute approximate surface area is 191 Å². The molecule has 3 aromatic rings. The van der Waals surface area contributed by atoms with E-state index in [4.69, 9.17) is 0 Å². The molecule has 3 nitrogen and oxygen atoms in total. The molecule has 0 aromatic heterocycles. The molecule has 1 amide bonds. The third-order valence-corrected chi connectivity index (χ3v) is 6.78. The Morgan fingerprint density at radius 3 is 2.03 bits per heavy atom. The average Bonchev–Trinajstić information content (AvgIpc) is 2.86. The summed E-state index contributed by atoms with van der Waals surface area (Å²) in [7, 11) is 0. The number of aliphatic hydroxyl groups is 1. The van der Waals surface area contributed by atoms with Crippen molar-refractivity contribution in [3.8, 4) is 0 Å². The van der Waals surface area contributed by atoms with Crippen LogP contribution in [0, 0.1) is 5.92 Å². The Hall–Kier alpha value is -2.91. The van der Waals surface area contributed by atoms with Gasteiger partial charge in [0, 0.05) is 24.4 Å². The van der Waals surface area contributed by atoms with Crippen LogP contribution in [0.3, 0.4) is 0 Å². The summed E-state index contributed by atoms with van der Waals surface area (Å²) in [6, 6.07) is 29.4. The summed E-state index contributed by atoms with van der Waals surface area (Å²) in [5, 5.41) is 15.4. The second kappa shape index (κ2) is 10.6. The maximum Gasteiger partial charge on any atom is 0.251 e. The predicted octanol–water partition coefficient (Wildman–Crippen LogP) is 5.89. The number of carbonyl (C=O) groups excluding carboxylic acids is 1. The van der Waals surface area contributed by atoms with E-state index in [2.05, 4.69) is 17.4 Å². The summed E-state index contributed by atoms with van der Waals surface area (Å²) in [6.45, 7) is 0. The lowest BCUT2D eigenvalue weighted by atomic mass is 9.75. The number of benzene rings is 3. The molecular weight excluding hydrogens is 394 g/mol. The fourth-order valence-electron chi connectivity index (χ4n) is 5.05. The van der Waals surface area contributed by atoms with Gasteiger partial charge in [-0.05, 0) is 42.0 Å². The van der Waals surface area contributed by atoms with Gasteiger partial charge in [-0.25, -0.2) is 0 Å². The summed E-state index contributed by atoms with van der Waals surface area (Å²) in [4.78, 5) is 13.1. The van der Waals surface area contributed by atoms with Crippen LogP contribution < -0.4 is 5.32 Å². The molecule has 0 bridgehead atoms. The van der Waals surface area contributed by atoms with Gasteiger partial charge in [0.15, 0.2) is 0 Å². The van der Waals surface area contributed by atoms with E-state index < -0.39 is 5.60 Å². The van der Waals surface area contributed by atoms with Crippen LogP contribution in [0.4, 0.5) is 0 Å². The molecule has 2 unspecified atom stereocenters. The molecule has 1 saturated carbocycles. The topological polar surface area (TPSA) is 49.3 Å².